The van der Waals surface area contributed by atoms with E-state index in [4.69, 9.17) is 4.52 Å². The molecular formula is C19H19N3O4S. The predicted octanol–water partition coefficient (Wildman–Crippen LogP) is 3.25. The molecule has 0 aliphatic carbocycles. The lowest BCUT2D eigenvalue weighted by Crippen LogP contribution is -2.35. The molecule has 7 nitrogen and oxygen atoms in total. The molecule has 27 heavy (non-hydrogen) atoms. The number of amides is 1. The first-order valence-electron chi connectivity index (χ1n) is 8.81. The number of para-hydroxylation sites is 1. The molecule has 8 heteroatoms. The van der Waals surface area contributed by atoms with Crippen molar-refractivity contribution >= 4 is 32.6 Å². The number of benzene rings is 2. The molecule has 0 saturated carbocycles. The van der Waals surface area contributed by atoms with Crippen molar-refractivity contribution in [2.24, 2.45) is 0 Å². The third-order valence-electron chi connectivity index (χ3n) is 4.62. The fraction of sp³-hybridized carbons (Fsp3) is 0.263. The molecule has 2 heterocycles. The van der Waals surface area contributed by atoms with Crippen LogP contribution in [-0.2, 0) is 10.0 Å². The van der Waals surface area contributed by atoms with Crippen molar-refractivity contribution in [2.45, 2.75) is 24.2 Å². The zero-order chi connectivity index (χ0) is 18.9. The third-order valence-corrected chi connectivity index (χ3v) is 6.00. The fourth-order valence-electron chi connectivity index (χ4n) is 3.21. The lowest BCUT2D eigenvalue weighted by atomic mass is 10.1. The fourth-order valence-corrected chi connectivity index (χ4v) is 4.29. The van der Waals surface area contributed by atoms with Gasteiger partial charge in [0.05, 0.1) is 10.3 Å². The molecule has 1 amide bonds. The molecule has 1 N–H and O–H groups in total. The number of hydrogen-bond donors (Lipinski definition) is 1. The molecule has 1 aliphatic heterocycles. The van der Waals surface area contributed by atoms with Gasteiger partial charge < -0.3 is 9.42 Å². The number of rotatable bonds is 4. The zero-order valence-electron chi connectivity index (χ0n) is 14.6. The topological polar surface area (TPSA) is 92.5 Å². The van der Waals surface area contributed by atoms with Crippen LogP contribution < -0.4 is 4.72 Å². The Labute approximate surface area is 157 Å². The molecule has 0 spiro atoms. The number of piperidine rings is 1. The van der Waals surface area contributed by atoms with E-state index in [-0.39, 0.29) is 16.5 Å². The Morgan fingerprint density at radius 1 is 1.04 bits per heavy atom. The van der Waals surface area contributed by atoms with E-state index in [0.29, 0.717) is 29.7 Å². The van der Waals surface area contributed by atoms with E-state index in [0.717, 1.165) is 19.3 Å². The Morgan fingerprint density at radius 3 is 2.52 bits per heavy atom. The number of fused-ring (bicyclic) bond motifs is 1. The maximum absolute atomic E-state index is 12.8. The van der Waals surface area contributed by atoms with Crippen LogP contribution in [0.4, 0.5) is 5.69 Å². The summed E-state index contributed by atoms with van der Waals surface area (Å²) in [5.41, 5.74) is 1.00. The minimum absolute atomic E-state index is 0.0507. The van der Waals surface area contributed by atoms with Gasteiger partial charge in [0.25, 0.3) is 15.9 Å². The number of likely N-dealkylation sites (tertiary alicyclic amines) is 1. The zero-order valence-corrected chi connectivity index (χ0v) is 15.4. The van der Waals surface area contributed by atoms with Crippen LogP contribution in [0.3, 0.4) is 0 Å². The summed E-state index contributed by atoms with van der Waals surface area (Å²) < 4.78 is 33.1. The van der Waals surface area contributed by atoms with Gasteiger partial charge in [-0.15, -0.1) is 0 Å². The monoisotopic (exact) mass is 385 g/mol. The van der Waals surface area contributed by atoms with Gasteiger partial charge in [-0.1, -0.05) is 23.4 Å². The van der Waals surface area contributed by atoms with Crippen LogP contribution in [0.1, 0.15) is 29.8 Å². The van der Waals surface area contributed by atoms with Crippen LogP contribution in [0.15, 0.2) is 57.9 Å². The number of nitrogens with one attached hydrogen (secondary N) is 1. The summed E-state index contributed by atoms with van der Waals surface area (Å²) in [6, 6.07) is 13.0. The molecule has 4 rings (SSSR count). The van der Waals surface area contributed by atoms with E-state index in [2.05, 4.69) is 9.88 Å². The van der Waals surface area contributed by atoms with Gasteiger partial charge in [0.2, 0.25) is 0 Å². The Hall–Kier alpha value is -2.87. The van der Waals surface area contributed by atoms with Crippen LogP contribution in [0.5, 0.6) is 0 Å². The molecule has 0 atom stereocenters. The van der Waals surface area contributed by atoms with E-state index in [1.54, 1.807) is 35.2 Å². The number of aromatic nitrogens is 1. The van der Waals surface area contributed by atoms with Gasteiger partial charge in [0, 0.05) is 18.8 Å². The molecule has 0 bridgehead atoms. The van der Waals surface area contributed by atoms with Crippen molar-refractivity contribution in [1.29, 1.82) is 0 Å². The maximum atomic E-state index is 12.8. The van der Waals surface area contributed by atoms with Gasteiger partial charge in [0.15, 0.2) is 11.3 Å². The molecule has 1 fully saturated rings. The summed E-state index contributed by atoms with van der Waals surface area (Å²) in [5.74, 6) is -0.223. The summed E-state index contributed by atoms with van der Waals surface area (Å²) in [4.78, 5) is 14.6. The normalized spacial score (nSPS) is 15.0. The number of anilines is 1. The lowest BCUT2D eigenvalue weighted by molar-refractivity contribution is 0.0716. The highest BCUT2D eigenvalue weighted by molar-refractivity contribution is 7.92. The van der Waals surface area contributed by atoms with Crippen LogP contribution in [-0.4, -0.2) is 37.5 Å². The minimum Gasteiger partial charge on any atom is -0.355 e. The molecule has 0 radical (unpaired) electrons. The molecule has 1 saturated heterocycles. The molecule has 3 aromatic rings. The Kier molecular flexibility index (Phi) is 4.57. The first-order chi connectivity index (χ1) is 13.0. The van der Waals surface area contributed by atoms with Gasteiger partial charge in [-0.3, -0.25) is 9.52 Å². The summed E-state index contributed by atoms with van der Waals surface area (Å²) in [5, 5.41) is 4.30. The first kappa shape index (κ1) is 17.5. The Morgan fingerprint density at radius 2 is 1.78 bits per heavy atom. The average Bonchev–Trinajstić information content (AvgIpc) is 3.12. The highest BCUT2D eigenvalue weighted by Crippen LogP contribution is 2.25. The first-order valence-corrected chi connectivity index (χ1v) is 10.3. The van der Waals surface area contributed by atoms with Crippen LogP contribution >= 0.6 is 0 Å². The van der Waals surface area contributed by atoms with Gasteiger partial charge in [-0.05, 0) is 49.6 Å². The van der Waals surface area contributed by atoms with Crippen LogP contribution in [0, 0.1) is 0 Å². The molecule has 1 aromatic heterocycles. The van der Waals surface area contributed by atoms with Gasteiger partial charge in [-0.2, -0.15) is 0 Å². The highest BCUT2D eigenvalue weighted by Gasteiger charge is 2.25. The average molecular weight is 385 g/mol. The smallest absolute Gasteiger partial charge is 0.276 e. The number of sulfonamides is 1. The molecule has 2 aromatic carbocycles. The van der Waals surface area contributed by atoms with Crippen molar-refractivity contribution < 1.29 is 17.7 Å². The SMILES string of the molecule is O=C(c1noc2ccc(S(=O)(=O)Nc3ccccc3)cc12)N1CCCCC1. The summed E-state index contributed by atoms with van der Waals surface area (Å²) >= 11 is 0. The van der Waals surface area contributed by atoms with Gasteiger partial charge >= 0.3 is 0 Å². The second-order valence-corrected chi connectivity index (χ2v) is 8.20. The van der Waals surface area contributed by atoms with Crippen LogP contribution in [0.2, 0.25) is 0 Å². The standard InChI is InChI=1S/C19H19N3O4S/c23-19(22-11-5-2-6-12-22)18-16-13-15(9-10-17(16)26-20-18)27(24,25)21-14-7-3-1-4-8-14/h1,3-4,7-10,13,21H,2,5-6,11-12H2. The number of nitrogens with zero attached hydrogens (tertiary/aromatic N) is 2. The molecule has 0 unspecified atom stereocenters. The maximum Gasteiger partial charge on any atom is 0.276 e. The summed E-state index contributed by atoms with van der Waals surface area (Å²) in [6.45, 7) is 1.36. The minimum atomic E-state index is -3.79. The molecule has 1 aliphatic rings. The lowest BCUT2D eigenvalue weighted by Gasteiger charge is -2.25. The second-order valence-electron chi connectivity index (χ2n) is 6.51. The largest absolute Gasteiger partial charge is 0.355 e. The highest BCUT2D eigenvalue weighted by atomic mass is 32.2. The Balaban J connectivity index is 1.68. The number of hydrogen-bond acceptors (Lipinski definition) is 5. The van der Waals surface area contributed by atoms with Crippen molar-refractivity contribution in [1.82, 2.24) is 10.1 Å². The Bertz CT molecular complexity index is 1070. The van der Waals surface area contributed by atoms with E-state index < -0.39 is 10.0 Å². The van der Waals surface area contributed by atoms with E-state index >= 15 is 0 Å². The van der Waals surface area contributed by atoms with E-state index in [9.17, 15) is 13.2 Å². The molecule has 140 valence electrons. The second kappa shape index (κ2) is 7.03. The summed E-state index contributed by atoms with van der Waals surface area (Å²) in [7, 11) is -3.79. The third kappa shape index (κ3) is 3.52. The van der Waals surface area contributed by atoms with Crippen molar-refractivity contribution in [2.75, 3.05) is 17.8 Å². The van der Waals surface area contributed by atoms with Gasteiger partial charge in [-0.25, -0.2) is 8.42 Å². The van der Waals surface area contributed by atoms with E-state index in [1.165, 1.54) is 18.2 Å². The number of carbonyl (C=O) groups excluding carboxylic acids is 1. The molecular weight excluding hydrogens is 366 g/mol. The van der Waals surface area contributed by atoms with Crippen molar-refractivity contribution in [3.8, 4) is 0 Å². The quantitative estimate of drug-likeness (QED) is 0.744. The van der Waals surface area contributed by atoms with Crippen LogP contribution in [0.25, 0.3) is 11.0 Å². The predicted molar refractivity (Wildman–Crippen MR) is 101 cm³/mol. The van der Waals surface area contributed by atoms with Crippen molar-refractivity contribution in [3.05, 3.63) is 54.2 Å². The number of carbonyl (C=O) groups is 1. The van der Waals surface area contributed by atoms with Gasteiger partial charge in [0.1, 0.15) is 0 Å². The van der Waals surface area contributed by atoms with Crippen molar-refractivity contribution in [3.63, 3.8) is 0 Å². The summed E-state index contributed by atoms with van der Waals surface area (Å²) in [6.07, 6.45) is 3.03. The van der Waals surface area contributed by atoms with E-state index in [1.807, 2.05) is 0 Å².